The standard InChI is InChI=1S/C15H22N2O3/c1-11(20-10-14-4-2-3-9-19-14)15(18)17-13-7-5-12(16)6-8-13/h5-8,11,14H,2-4,9-10,16H2,1H3,(H,17,18). The smallest absolute Gasteiger partial charge is 0.253 e. The lowest BCUT2D eigenvalue weighted by atomic mass is 10.1. The maximum absolute atomic E-state index is 12.0. The van der Waals surface area contributed by atoms with E-state index >= 15 is 0 Å². The molecule has 2 unspecified atom stereocenters. The van der Waals surface area contributed by atoms with E-state index in [9.17, 15) is 4.79 Å². The molecule has 0 spiro atoms. The largest absolute Gasteiger partial charge is 0.399 e. The van der Waals surface area contributed by atoms with Gasteiger partial charge in [0.25, 0.3) is 5.91 Å². The second kappa shape index (κ2) is 7.26. The number of nitrogen functional groups attached to an aromatic ring is 1. The maximum atomic E-state index is 12.0. The molecule has 1 heterocycles. The van der Waals surface area contributed by atoms with Crippen LogP contribution in [0, 0.1) is 0 Å². The molecule has 1 amide bonds. The van der Waals surface area contributed by atoms with Crippen molar-refractivity contribution in [3.8, 4) is 0 Å². The molecule has 5 nitrogen and oxygen atoms in total. The molecule has 0 aromatic heterocycles. The van der Waals surface area contributed by atoms with Crippen LogP contribution in [0.4, 0.5) is 11.4 Å². The molecule has 1 aromatic carbocycles. The Bertz CT molecular complexity index is 427. The Morgan fingerprint density at radius 1 is 1.45 bits per heavy atom. The molecule has 3 N–H and O–H groups in total. The number of benzene rings is 1. The van der Waals surface area contributed by atoms with Crippen LogP contribution in [0.5, 0.6) is 0 Å². The number of carbonyl (C=O) groups is 1. The summed E-state index contributed by atoms with van der Waals surface area (Å²) < 4.78 is 11.1. The van der Waals surface area contributed by atoms with E-state index in [2.05, 4.69) is 5.32 Å². The van der Waals surface area contributed by atoms with Gasteiger partial charge in [0.2, 0.25) is 0 Å². The highest BCUT2D eigenvalue weighted by Crippen LogP contribution is 2.14. The number of ether oxygens (including phenoxy) is 2. The molecular weight excluding hydrogens is 256 g/mol. The molecule has 0 aliphatic carbocycles. The Balaban J connectivity index is 1.75. The normalized spacial score (nSPS) is 20.4. The van der Waals surface area contributed by atoms with E-state index in [1.807, 2.05) is 0 Å². The van der Waals surface area contributed by atoms with Gasteiger partial charge in [-0.1, -0.05) is 0 Å². The van der Waals surface area contributed by atoms with Crippen molar-refractivity contribution in [3.05, 3.63) is 24.3 Å². The Morgan fingerprint density at radius 3 is 2.85 bits per heavy atom. The number of nitrogens with two attached hydrogens (primary N) is 1. The van der Waals surface area contributed by atoms with E-state index in [1.54, 1.807) is 31.2 Å². The second-order valence-electron chi connectivity index (χ2n) is 5.08. The van der Waals surface area contributed by atoms with Crippen molar-refractivity contribution in [1.82, 2.24) is 0 Å². The monoisotopic (exact) mass is 278 g/mol. The minimum absolute atomic E-state index is 0.121. The molecular formula is C15H22N2O3. The highest BCUT2D eigenvalue weighted by atomic mass is 16.5. The van der Waals surface area contributed by atoms with Crippen LogP contribution in [0.3, 0.4) is 0 Å². The van der Waals surface area contributed by atoms with Crippen LogP contribution in [0.25, 0.3) is 0 Å². The van der Waals surface area contributed by atoms with Crippen LogP contribution in [0.15, 0.2) is 24.3 Å². The van der Waals surface area contributed by atoms with Gasteiger partial charge in [-0.15, -0.1) is 0 Å². The first-order valence-corrected chi connectivity index (χ1v) is 7.05. The first-order valence-electron chi connectivity index (χ1n) is 7.05. The maximum Gasteiger partial charge on any atom is 0.253 e. The van der Waals surface area contributed by atoms with Gasteiger partial charge in [-0.05, 0) is 50.5 Å². The summed E-state index contributed by atoms with van der Waals surface area (Å²) in [6.07, 6.45) is 2.91. The van der Waals surface area contributed by atoms with Crippen molar-refractivity contribution >= 4 is 17.3 Å². The molecule has 1 aliphatic rings. The number of nitrogens with one attached hydrogen (secondary N) is 1. The van der Waals surface area contributed by atoms with Crippen molar-refractivity contribution in [3.63, 3.8) is 0 Å². The van der Waals surface area contributed by atoms with Gasteiger partial charge in [-0.3, -0.25) is 4.79 Å². The van der Waals surface area contributed by atoms with E-state index in [1.165, 1.54) is 6.42 Å². The average molecular weight is 278 g/mol. The molecule has 0 bridgehead atoms. The van der Waals surface area contributed by atoms with Gasteiger partial charge < -0.3 is 20.5 Å². The zero-order valence-corrected chi connectivity index (χ0v) is 11.8. The Morgan fingerprint density at radius 2 is 2.20 bits per heavy atom. The van der Waals surface area contributed by atoms with E-state index in [0.717, 1.165) is 19.4 Å². The molecule has 5 heteroatoms. The third kappa shape index (κ3) is 4.51. The topological polar surface area (TPSA) is 73.6 Å². The van der Waals surface area contributed by atoms with E-state index < -0.39 is 6.10 Å². The van der Waals surface area contributed by atoms with Crippen molar-refractivity contribution in [2.24, 2.45) is 0 Å². The van der Waals surface area contributed by atoms with Crippen LogP contribution in [-0.2, 0) is 14.3 Å². The van der Waals surface area contributed by atoms with Gasteiger partial charge in [0.1, 0.15) is 6.10 Å². The molecule has 1 fully saturated rings. The summed E-state index contributed by atoms with van der Waals surface area (Å²) in [5, 5.41) is 2.80. The molecule has 2 rings (SSSR count). The van der Waals surface area contributed by atoms with E-state index in [-0.39, 0.29) is 12.0 Å². The SMILES string of the molecule is CC(OCC1CCCCO1)C(=O)Nc1ccc(N)cc1. The van der Waals surface area contributed by atoms with Crippen molar-refractivity contribution < 1.29 is 14.3 Å². The minimum Gasteiger partial charge on any atom is -0.399 e. The summed E-state index contributed by atoms with van der Waals surface area (Å²) in [5.41, 5.74) is 6.98. The third-order valence-electron chi connectivity index (χ3n) is 3.35. The molecule has 1 aromatic rings. The summed E-state index contributed by atoms with van der Waals surface area (Å²) in [4.78, 5) is 12.0. The van der Waals surface area contributed by atoms with Gasteiger partial charge >= 0.3 is 0 Å². The van der Waals surface area contributed by atoms with Crippen molar-refractivity contribution in [2.45, 2.75) is 38.4 Å². The number of carbonyl (C=O) groups excluding carboxylic acids is 1. The van der Waals surface area contributed by atoms with E-state index in [4.69, 9.17) is 15.2 Å². The highest BCUT2D eigenvalue weighted by molar-refractivity contribution is 5.94. The average Bonchev–Trinajstić information content (AvgIpc) is 2.48. The zero-order chi connectivity index (χ0) is 14.4. The number of rotatable bonds is 5. The molecule has 2 atom stereocenters. The van der Waals surface area contributed by atoms with Crippen LogP contribution in [0.2, 0.25) is 0 Å². The lowest BCUT2D eigenvalue weighted by Crippen LogP contribution is -2.32. The molecule has 0 saturated carbocycles. The lowest BCUT2D eigenvalue weighted by molar-refractivity contribution is -0.130. The predicted molar refractivity (Wildman–Crippen MR) is 78.5 cm³/mol. The van der Waals surface area contributed by atoms with Gasteiger partial charge in [0.15, 0.2) is 0 Å². The first kappa shape index (κ1) is 14.8. The summed E-state index contributed by atoms with van der Waals surface area (Å²) in [7, 11) is 0. The van der Waals surface area contributed by atoms with Crippen LogP contribution < -0.4 is 11.1 Å². The number of amides is 1. The number of hydrogen-bond donors (Lipinski definition) is 2. The Hall–Kier alpha value is -1.59. The summed E-state index contributed by atoms with van der Waals surface area (Å²) >= 11 is 0. The fourth-order valence-electron chi connectivity index (χ4n) is 2.08. The molecule has 20 heavy (non-hydrogen) atoms. The Labute approximate surface area is 119 Å². The van der Waals surface area contributed by atoms with Crippen molar-refractivity contribution in [1.29, 1.82) is 0 Å². The van der Waals surface area contributed by atoms with Gasteiger partial charge in [-0.2, -0.15) is 0 Å². The molecule has 0 radical (unpaired) electrons. The third-order valence-corrected chi connectivity index (χ3v) is 3.35. The lowest BCUT2D eigenvalue weighted by Gasteiger charge is -2.23. The Kier molecular flexibility index (Phi) is 5.38. The molecule has 1 aliphatic heterocycles. The molecule has 1 saturated heterocycles. The zero-order valence-electron chi connectivity index (χ0n) is 11.8. The van der Waals surface area contributed by atoms with Gasteiger partial charge in [-0.25, -0.2) is 0 Å². The van der Waals surface area contributed by atoms with Gasteiger partial charge in [0.05, 0.1) is 12.7 Å². The fraction of sp³-hybridized carbons (Fsp3) is 0.533. The number of anilines is 2. The quantitative estimate of drug-likeness (QED) is 0.810. The predicted octanol–water partition coefficient (Wildman–Crippen LogP) is 2.18. The summed E-state index contributed by atoms with van der Waals surface area (Å²) in [6.45, 7) is 3.01. The summed E-state index contributed by atoms with van der Waals surface area (Å²) in [6, 6.07) is 7.03. The first-order chi connectivity index (χ1) is 9.65. The minimum atomic E-state index is -0.502. The van der Waals surface area contributed by atoms with E-state index in [0.29, 0.717) is 18.0 Å². The molecule has 110 valence electrons. The fourth-order valence-corrected chi connectivity index (χ4v) is 2.08. The van der Waals surface area contributed by atoms with Crippen LogP contribution in [-0.4, -0.2) is 31.3 Å². The second-order valence-corrected chi connectivity index (χ2v) is 5.08. The van der Waals surface area contributed by atoms with Crippen LogP contribution in [0.1, 0.15) is 26.2 Å². The summed E-state index contributed by atoms with van der Waals surface area (Å²) in [5.74, 6) is -0.161. The highest BCUT2D eigenvalue weighted by Gasteiger charge is 2.18. The van der Waals surface area contributed by atoms with Crippen LogP contribution >= 0.6 is 0 Å². The van der Waals surface area contributed by atoms with Crippen molar-refractivity contribution in [2.75, 3.05) is 24.3 Å². The van der Waals surface area contributed by atoms with Gasteiger partial charge in [0, 0.05) is 18.0 Å². The number of hydrogen-bond acceptors (Lipinski definition) is 4.